The van der Waals surface area contributed by atoms with Gasteiger partial charge in [-0.15, -0.1) is 11.8 Å². The van der Waals surface area contributed by atoms with E-state index < -0.39 is 5.41 Å². The zero-order chi connectivity index (χ0) is 21.4. The Morgan fingerprint density at radius 1 is 1.16 bits per heavy atom. The first kappa shape index (κ1) is 21.1. The van der Waals surface area contributed by atoms with Crippen molar-refractivity contribution in [2.45, 2.75) is 47.3 Å². The van der Waals surface area contributed by atoms with Crippen molar-refractivity contribution in [3.63, 3.8) is 0 Å². The van der Waals surface area contributed by atoms with Gasteiger partial charge in [0.05, 0.1) is 11.5 Å². The third-order valence-electron chi connectivity index (χ3n) is 6.76. The Bertz CT molecular complexity index is 954. The Kier molecular flexibility index (Phi) is 5.90. The molecule has 1 spiro atoms. The number of rotatable bonds is 6. The first-order valence-electron chi connectivity index (χ1n) is 10.9. The summed E-state index contributed by atoms with van der Waals surface area (Å²) in [5, 5.41) is 13.7. The molecule has 0 radical (unpaired) electrons. The number of thioether (sulfide) groups is 1. The zero-order valence-electron chi connectivity index (χ0n) is 17.4. The molecule has 7 heteroatoms. The van der Waals surface area contributed by atoms with Crippen LogP contribution in [-0.2, 0) is 10.2 Å². The number of piperidine rings is 1. The van der Waals surface area contributed by atoms with E-state index in [0.717, 1.165) is 62.3 Å². The van der Waals surface area contributed by atoms with E-state index >= 15 is 0 Å². The van der Waals surface area contributed by atoms with E-state index in [4.69, 9.17) is 16.3 Å². The van der Waals surface area contributed by atoms with Gasteiger partial charge in [0.1, 0.15) is 12.4 Å². The minimum absolute atomic E-state index is 0.107. The highest BCUT2D eigenvalue weighted by atomic mass is 35.5. The number of amides is 1. The van der Waals surface area contributed by atoms with Crippen molar-refractivity contribution < 1.29 is 14.6 Å². The monoisotopic (exact) mass is 458 g/mol. The predicted molar refractivity (Wildman–Crippen MR) is 124 cm³/mol. The van der Waals surface area contributed by atoms with E-state index in [1.807, 2.05) is 42.1 Å². The highest BCUT2D eigenvalue weighted by molar-refractivity contribution is 8.00. The van der Waals surface area contributed by atoms with Crippen molar-refractivity contribution in [1.29, 1.82) is 0 Å². The number of ether oxygens (including phenoxy) is 1. The van der Waals surface area contributed by atoms with Crippen LogP contribution < -0.4 is 10.1 Å². The van der Waals surface area contributed by atoms with Crippen LogP contribution in [0.5, 0.6) is 5.75 Å². The van der Waals surface area contributed by atoms with Crippen LogP contribution in [0.2, 0.25) is 5.02 Å². The summed E-state index contributed by atoms with van der Waals surface area (Å²) in [6.07, 6.45) is 3.27. The molecular weight excluding hydrogens is 432 g/mol. The van der Waals surface area contributed by atoms with Crippen LogP contribution in [0.1, 0.15) is 31.2 Å². The third-order valence-corrected chi connectivity index (χ3v) is 8.26. The number of nitrogens with one attached hydrogen (secondary N) is 1. The van der Waals surface area contributed by atoms with E-state index in [1.54, 1.807) is 0 Å². The number of halogens is 1. The van der Waals surface area contributed by atoms with Crippen molar-refractivity contribution in [1.82, 2.24) is 4.90 Å². The zero-order valence-corrected chi connectivity index (χ0v) is 18.9. The molecule has 5 rings (SSSR count). The minimum Gasteiger partial charge on any atom is -0.492 e. The fourth-order valence-electron chi connectivity index (χ4n) is 4.77. The second-order valence-electron chi connectivity index (χ2n) is 8.75. The van der Waals surface area contributed by atoms with Crippen LogP contribution in [0.15, 0.2) is 47.4 Å². The fraction of sp³-hybridized carbons (Fsp3) is 0.458. The lowest BCUT2D eigenvalue weighted by atomic mass is 9.73. The maximum atomic E-state index is 12.7. The number of carbonyl (C=O) groups is 1. The first-order chi connectivity index (χ1) is 15.0. The molecule has 2 fully saturated rings. The van der Waals surface area contributed by atoms with Gasteiger partial charge >= 0.3 is 0 Å². The van der Waals surface area contributed by atoms with E-state index in [9.17, 15) is 9.90 Å². The number of fused-ring (bicyclic) bond motifs is 2. The van der Waals surface area contributed by atoms with E-state index in [2.05, 4.69) is 22.3 Å². The van der Waals surface area contributed by atoms with E-state index in [-0.39, 0.29) is 12.0 Å². The summed E-state index contributed by atoms with van der Waals surface area (Å²) in [6, 6.07) is 13.9. The van der Waals surface area contributed by atoms with Crippen LogP contribution in [-0.4, -0.2) is 53.5 Å². The van der Waals surface area contributed by atoms with Crippen molar-refractivity contribution in [3.05, 3.63) is 53.1 Å². The Balaban J connectivity index is 1.10. The Hall–Kier alpha value is -1.73. The van der Waals surface area contributed by atoms with Crippen molar-refractivity contribution in [2.75, 3.05) is 31.6 Å². The summed E-state index contributed by atoms with van der Waals surface area (Å²) in [7, 11) is 0. The number of aliphatic hydroxyl groups is 1. The van der Waals surface area contributed by atoms with Gasteiger partial charge in [0.25, 0.3) is 0 Å². The predicted octanol–water partition coefficient (Wildman–Crippen LogP) is 4.32. The maximum absolute atomic E-state index is 12.7. The molecule has 2 aromatic carbocycles. The number of anilines is 1. The molecule has 1 saturated heterocycles. The van der Waals surface area contributed by atoms with Crippen molar-refractivity contribution in [3.8, 4) is 5.75 Å². The smallest absolute Gasteiger partial charge is 0.235 e. The van der Waals surface area contributed by atoms with Gasteiger partial charge in [0, 0.05) is 27.4 Å². The van der Waals surface area contributed by atoms with Crippen LogP contribution in [0.25, 0.3) is 0 Å². The van der Waals surface area contributed by atoms with Crippen LogP contribution in [0.4, 0.5) is 5.69 Å². The molecule has 5 nitrogen and oxygen atoms in total. The van der Waals surface area contributed by atoms with Crippen molar-refractivity contribution >= 4 is 35.0 Å². The summed E-state index contributed by atoms with van der Waals surface area (Å²) in [6.45, 7) is 3.20. The fourth-order valence-corrected chi connectivity index (χ4v) is 6.26. The Morgan fingerprint density at radius 3 is 2.61 bits per heavy atom. The van der Waals surface area contributed by atoms with Crippen molar-refractivity contribution in [2.24, 2.45) is 0 Å². The lowest BCUT2D eigenvalue weighted by Gasteiger charge is -2.38. The Labute approximate surface area is 192 Å². The average molecular weight is 459 g/mol. The third kappa shape index (κ3) is 4.31. The molecule has 0 unspecified atom stereocenters. The van der Waals surface area contributed by atoms with Gasteiger partial charge in [-0.3, -0.25) is 9.69 Å². The molecule has 3 aliphatic rings. The van der Waals surface area contributed by atoms with Gasteiger partial charge < -0.3 is 15.2 Å². The molecule has 2 aromatic rings. The highest BCUT2D eigenvalue weighted by Crippen LogP contribution is 2.45. The quantitative estimate of drug-likeness (QED) is 0.675. The average Bonchev–Trinajstić information content (AvgIpc) is 3.00. The lowest BCUT2D eigenvalue weighted by Crippen LogP contribution is -2.47. The molecule has 0 atom stereocenters. The maximum Gasteiger partial charge on any atom is 0.235 e. The lowest BCUT2D eigenvalue weighted by molar-refractivity contribution is -0.122. The number of carbonyl (C=O) groups excluding carboxylic acids is 1. The molecule has 0 bridgehead atoms. The summed E-state index contributed by atoms with van der Waals surface area (Å²) >= 11 is 8.03. The molecule has 2 heterocycles. The second-order valence-corrected chi connectivity index (χ2v) is 10.6. The van der Waals surface area contributed by atoms with Crippen LogP contribution >= 0.6 is 23.4 Å². The van der Waals surface area contributed by atoms with E-state index in [1.165, 1.54) is 4.90 Å². The summed E-state index contributed by atoms with van der Waals surface area (Å²) in [5.74, 6) is 0.986. The normalized spacial score (nSPS) is 24.5. The van der Waals surface area contributed by atoms with Crippen LogP contribution in [0.3, 0.4) is 0 Å². The van der Waals surface area contributed by atoms with Gasteiger partial charge in [0.2, 0.25) is 5.91 Å². The summed E-state index contributed by atoms with van der Waals surface area (Å²) in [5.41, 5.74) is 1.51. The number of benzene rings is 2. The topological polar surface area (TPSA) is 61.8 Å². The van der Waals surface area contributed by atoms with Crippen LogP contribution in [0, 0.1) is 0 Å². The number of nitrogens with zero attached hydrogens (tertiary/aromatic N) is 1. The van der Waals surface area contributed by atoms with Gasteiger partial charge in [-0.05, 0) is 86.8 Å². The molecule has 2 N–H and O–H groups in total. The summed E-state index contributed by atoms with van der Waals surface area (Å²) in [4.78, 5) is 16.3. The first-order valence-corrected chi connectivity index (χ1v) is 12.2. The van der Waals surface area contributed by atoms with Gasteiger partial charge in [-0.25, -0.2) is 0 Å². The molecular formula is C24H27ClN2O3S. The van der Waals surface area contributed by atoms with Gasteiger partial charge in [-0.2, -0.15) is 0 Å². The van der Waals surface area contributed by atoms with Gasteiger partial charge in [0.15, 0.2) is 0 Å². The molecule has 0 aromatic heterocycles. The number of hydrogen-bond acceptors (Lipinski definition) is 5. The van der Waals surface area contributed by atoms with E-state index in [0.29, 0.717) is 16.9 Å². The number of aliphatic hydroxyl groups excluding tert-OH is 1. The SMILES string of the molecule is O=C1Nc2ccc(Cl)cc2C12CCN(CCOc1ccc(SC3CC(O)C3)cc1)CC2. The number of hydrogen-bond donors (Lipinski definition) is 2. The number of likely N-dealkylation sites (tertiary alicyclic amines) is 1. The molecule has 1 aliphatic carbocycles. The molecule has 164 valence electrons. The minimum atomic E-state index is -0.443. The molecule has 1 amide bonds. The molecule has 31 heavy (non-hydrogen) atoms. The highest BCUT2D eigenvalue weighted by Gasteiger charge is 2.48. The summed E-state index contributed by atoms with van der Waals surface area (Å²) < 4.78 is 5.95. The second kappa shape index (κ2) is 8.66. The largest absolute Gasteiger partial charge is 0.492 e. The standard InChI is InChI=1S/C24H27ClN2O3S/c25-16-1-6-22-21(13-16)24(23(29)26-22)7-9-27(10-8-24)11-12-30-18-2-4-19(5-3-18)31-20-14-17(28)15-20/h1-6,13,17,20,28H,7-12,14-15H2,(H,26,29). The molecule has 2 aliphatic heterocycles. The van der Waals surface area contributed by atoms with Gasteiger partial charge in [-0.1, -0.05) is 11.6 Å². The Morgan fingerprint density at radius 2 is 1.90 bits per heavy atom. The molecule has 1 saturated carbocycles.